The van der Waals surface area contributed by atoms with E-state index < -0.39 is 0 Å². The highest BCUT2D eigenvalue weighted by Gasteiger charge is 2.13. The number of nitrogens with zero attached hydrogens (tertiary/aromatic N) is 2. The number of hydrogen-bond donors (Lipinski definition) is 0. The second kappa shape index (κ2) is 7.12. The van der Waals surface area contributed by atoms with Crippen LogP contribution in [0.15, 0.2) is 53.0 Å². The van der Waals surface area contributed by atoms with E-state index in [-0.39, 0.29) is 0 Å². The van der Waals surface area contributed by atoms with Crippen LogP contribution in [0.4, 0.5) is 11.4 Å². The Morgan fingerprint density at radius 2 is 1.90 bits per heavy atom. The molecule has 0 atom stereocenters. The summed E-state index contributed by atoms with van der Waals surface area (Å²) in [5, 5.41) is 9.34. The molecule has 0 fully saturated rings. The Labute approximate surface area is 128 Å². The van der Waals surface area contributed by atoms with Crippen LogP contribution in [-0.2, 0) is 0 Å². The molecule has 0 aliphatic rings. The van der Waals surface area contributed by atoms with Gasteiger partial charge in [0.25, 0.3) is 0 Å². The molecule has 2 aromatic carbocycles. The van der Waals surface area contributed by atoms with Crippen molar-refractivity contribution in [1.82, 2.24) is 0 Å². The van der Waals surface area contributed by atoms with Gasteiger partial charge in [-0.3, -0.25) is 0 Å². The molecule has 0 unspecified atom stereocenters. The van der Waals surface area contributed by atoms with Crippen LogP contribution in [-0.4, -0.2) is 6.54 Å². The van der Waals surface area contributed by atoms with Crippen molar-refractivity contribution in [1.29, 1.82) is 5.26 Å². The number of benzene rings is 2. The van der Waals surface area contributed by atoms with Crippen LogP contribution in [0.25, 0.3) is 0 Å². The Kier molecular flexibility index (Phi) is 5.20. The van der Waals surface area contributed by atoms with Gasteiger partial charge in [-0.1, -0.05) is 47.5 Å². The highest BCUT2D eigenvalue weighted by atomic mass is 79.9. The first-order valence-corrected chi connectivity index (χ1v) is 7.57. The molecule has 0 radical (unpaired) electrons. The van der Waals surface area contributed by atoms with Gasteiger partial charge in [-0.2, -0.15) is 5.26 Å². The molecule has 20 heavy (non-hydrogen) atoms. The Morgan fingerprint density at radius 3 is 2.55 bits per heavy atom. The van der Waals surface area contributed by atoms with E-state index in [0.717, 1.165) is 35.2 Å². The largest absolute Gasteiger partial charge is 0.340 e. The van der Waals surface area contributed by atoms with Crippen LogP contribution in [0, 0.1) is 11.3 Å². The summed E-state index contributed by atoms with van der Waals surface area (Å²) in [5.74, 6) is 0. The zero-order chi connectivity index (χ0) is 14.4. The second-order valence-electron chi connectivity index (χ2n) is 4.61. The van der Waals surface area contributed by atoms with Crippen LogP contribution >= 0.6 is 15.9 Å². The average Bonchev–Trinajstić information content (AvgIpc) is 2.49. The summed E-state index contributed by atoms with van der Waals surface area (Å²) in [4.78, 5) is 2.22. The van der Waals surface area contributed by atoms with Crippen molar-refractivity contribution in [2.75, 3.05) is 11.4 Å². The summed E-state index contributed by atoms with van der Waals surface area (Å²) in [5.41, 5.74) is 2.78. The van der Waals surface area contributed by atoms with Crippen molar-refractivity contribution >= 4 is 27.3 Å². The maximum atomic E-state index is 9.34. The summed E-state index contributed by atoms with van der Waals surface area (Å²) < 4.78 is 0.990. The molecule has 0 saturated heterocycles. The van der Waals surface area contributed by atoms with Crippen molar-refractivity contribution in [3.63, 3.8) is 0 Å². The third kappa shape index (κ3) is 3.40. The Morgan fingerprint density at radius 1 is 1.15 bits per heavy atom. The van der Waals surface area contributed by atoms with Crippen LogP contribution in [0.3, 0.4) is 0 Å². The predicted octanol–water partition coefficient (Wildman–Crippen LogP) is 5.26. The number of unbranched alkanes of at least 4 members (excludes halogenated alkanes) is 1. The average molecular weight is 329 g/mol. The quantitative estimate of drug-likeness (QED) is 0.748. The summed E-state index contributed by atoms with van der Waals surface area (Å²) in [6, 6.07) is 18.3. The number of nitriles is 1. The minimum Gasteiger partial charge on any atom is -0.340 e. The first-order valence-electron chi connectivity index (χ1n) is 6.78. The van der Waals surface area contributed by atoms with E-state index in [1.54, 1.807) is 0 Å². The number of halogens is 1. The highest BCUT2D eigenvalue weighted by Crippen LogP contribution is 2.31. The van der Waals surface area contributed by atoms with Crippen molar-refractivity contribution in [3.8, 4) is 6.07 Å². The lowest BCUT2D eigenvalue weighted by Gasteiger charge is -2.26. The molecule has 0 bridgehead atoms. The van der Waals surface area contributed by atoms with E-state index in [9.17, 15) is 5.26 Å². The molecule has 102 valence electrons. The zero-order valence-electron chi connectivity index (χ0n) is 11.5. The Hall–Kier alpha value is -1.79. The smallest absolute Gasteiger partial charge is 0.101 e. The molecule has 0 N–H and O–H groups in total. The molecular formula is C17H17BrN2. The lowest BCUT2D eigenvalue weighted by Crippen LogP contribution is -2.19. The molecular weight excluding hydrogens is 312 g/mol. The maximum absolute atomic E-state index is 9.34. The van der Waals surface area contributed by atoms with Crippen molar-refractivity contribution in [2.45, 2.75) is 19.8 Å². The fourth-order valence-electron chi connectivity index (χ4n) is 2.14. The lowest BCUT2D eigenvalue weighted by atomic mass is 10.1. The van der Waals surface area contributed by atoms with E-state index in [0.29, 0.717) is 5.56 Å². The molecule has 2 rings (SSSR count). The molecule has 0 aliphatic heterocycles. The SMILES string of the molecule is CCCCN(c1ccccc1)c1cc(Br)ccc1C#N. The van der Waals surface area contributed by atoms with Gasteiger partial charge in [0.2, 0.25) is 0 Å². The van der Waals surface area contributed by atoms with Gasteiger partial charge in [-0.05, 0) is 36.8 Å². The molecule has 0 saturated carbocycles. The van der Waals surface area contributed by atoms with Gasteiger partial charge < -0.3 is 4.90 Å². The number of para-hydroxylation sites is 1. The van der Waals surface area contributed by atoms with E-state index in [1.807, 2.05) is 36.4 Å². The minimum atomic E-state index is 0.702. The fraction of sp³-hybridized carbons (Fsp3) is 0.235. The third-order valence-corrected chi connectivity index (χ3v) is 3.67. The van der Waals surface area contributed by atoms with Gasteiger partial charge in [0.1, 0.15) is 6.07 Å². The standard InChI is InChI=1S/C17H17BrN2/c1-2-3-11-20(16-7-5-4-6-8-16)17-12-15(18)10-9-14(17)13-19/h4-10,12H,2-3,11H2,1H3. The monoisotopic (exact) mass is 328 g/mol. The topological polar surface area (TPSA) is 27.0 Å². The molecule has 2 aromatic rings. The van der Waals surface area contributed by atoms with Gasteiger partial charge in [-0.25, -0.2) is 0 Å². The van der Waals surface area contributed by atoms with Gasteiger partial charge in [-0.15, -0.1) is 0 Å². The van der Waals surface area contributed by atoms with Gasteiger partial charge >= 0.3 is 0 Å². The molecule has 0 amide bonds. The van der Waals surface area contributed by atoms with Crippen LogP contribution in [0.5, 0.6) is 0 Å². The van der Waals surface area contributed by atoms with Crippen LogP contribution in [0.1, 0.15) is 25.3 Å². The molecule has 0 aliphatic carbocycles. The lowest BCUT2D eigenvalue weighted by molar-refractivity contribution is 0.785. The Bertz CT molecular complexity index is 602. The Balaban J connectivity index is 2.46. The van der Waals surface area contributed by atoms with Gasteiger partial charge in [0, 0.05) is 16.7 Å². The van der Waals surface area contributed by atoms with E-state index in [2.05, 4.69) is 46.0 Å². The van der Waals surface area contributed by atoms with Crippen LogP contribution < -0.4 is 4.90 Å². The summed E-state index contributed by atoms with van der Waals surface area (Å²) >= 11 is 3.50. The summed E-state index contributed by atoms with van der Waals surface area (Å²) in [6.07, 6.45) is 2.21. The first kappa shape index (κ1) is 14.6. The second-order valence-corrected chi connectivity index (χ2v) is 5.53. The number of anilines is 2. The van der Waals surface area contributed by atoms with Crippen molar-refractivity contribution < 1.29 is 0 Å². The predicted molar refractivity (Wildman–Crippen MR) is 87.2 cm³/mol. The molecule has 0 aromatic heterocycles. The van der Waals surface area contributed by atoms with Gasteiger partial charge in [0.15, 0.2) is 0 Å². The summed E-state index contributed by atoms with van der Waals surface area (Å²) in [7, 11) is 0. The maximum Gasteiger partial charge on any atom is 0.101 e. The third-order valence-electron chi connectivity index (χ3n) is 3.17. The molecule has 0 heterocycles. The van der Waals surface area contributed by atoms with E-state index in [4.69, 9.17) is 0 Å². The zero-order valence-corrected chi connectivity index (χ0v) is 13.1. The van der Waals surface area contributed by atoms with Crippen molar-refractivity contribution in [3.05, 3.63) is 58.6 Å². The molecule has 3 heteroatoms. The number of rotatable bonds is 5. The van der Waals surface area contributed by atoms with E-state index in [1.165, 1.54) is 0 Å². The van der Waals surface area contributed by atoms with Gasteiger partial charge in [0.05, 0.1) is 11.3 Å². The van der Waals surface area contributed by atoms with Crippen molar-refractivity contribution in [2.24, 2.45) is 0 Å². The molecule has 0 spiro atoms. The fourth-order valence-corrected chi connectivity index (χ4v) is 2.48. The molecule has 2 nitrogen and oxygen atoms in total. The van der Waals surface area contributed by atoms with Crippen LogP contribution in [0.2, 0.25) is 0 Å². The van der Waals surface area contributed by atoms with E-state index >= 15 is 0 Å². The first-order chi connectivity index (χ1) is 9.76. The number of hydrogen-bond acceptors (Lipinski definition) is 2. The highest BCUT2D eigenvalue weighted by molar-refractivity contribution is 9.10. The minimum absolute atomic E-state index is 0.702. The summed E-state index contributed by atoms with van der Waals surface area (Å²) in [6.45, 7) is 3.08. The normalized spacial score (nSPS) is 10.1.